The van der Waals surface area contributed by atoms with Crippen molar-refractivity contribution < 1.29 is 21.5 Å². The van der Waals surface area contributed by atoms with Crippen molar-refractivity contribution in [3.8, 4) is 5.75 Å². The smallest absolute Gasteiger partial charge is 0.259 e. The molecule has 0 radical (unpaired) electrons. The number of ether oxygens (including phenoxy) is 1. The molecule has 128 valence electrons. The van der Waals surface area contributed by atoms with Crippen LogP contribution in [0.4, 0.5) is 0 Å². The Bertz CT molecular complexity index is 816. The summed E-state index contributed by atoms with van der Waals surface area (Å²) in [5.41, 5.74) is 6.82. The largest absolute Gasteiger partial charge is 0.493 e. The van der Waals surface area contributed by atoms with Crippen molar-refractivity contribution in [2.24, 2.45) is 15.3 Å². The molecule has 0 saturated carbocycles. The number of rotatable bonds is 7. The first kappa shape index (κ1) is 17.7. The summed E-state index contributed by atoms with van der Waals surface area (Å²) in [5.74, 6) is 3.41. The Balaban J connectivity index is 1.95. The zero-order valence-electron chi connectivity index (χ0n) is 12.4. The van der Waals surface area contributed by atoms with Crippen LogP contribution in [-0.4, -0.2) is 37.5 Å². The highest BCUT2D eigenvalue weighted by Crippen LogP contribution is 2.28. The molecular weight excluding hydrogens is 342 g/mol. The summed E-state index contributed by atoms with van der Waals surface area (Å²) in [5, 5.41) is 5.14. The highest BCUT2D eigenvalue weighted by molar-refractivity contribution is 7.93. The van der Waals surface area contributed by atoms with Gasteiger partial charge in [0.05, 0.1) is 24.5 Å². The Kier molecular flexibility index (Phi) is 5.30. The fraction of sp³-hybridized carbons (Fsp3) is 0.385. The minimum absolute atomic E-state index is 0.0647. The summed E-state index contributed by atoms with van der Waals surface area (Å²) in [6, 6.07) is 5.09. The molecule has 2 rings (SSSR count). The second-order valence-electron chi connectivity index (χ2n) is 5.03. The van der Waals surface area contributed by atoms with Crippen LogP contribution in [0.1, 0.15) is 24.0 Å². The van der Waals surface area contributed by atoms with Crippen LogP contribution in [0.2, 0.25) is 0 Å². The molecule has 0 bridgehead atoms. The standard InChI is InChI=1S/C13H19N3O5S2/c1-22(15,17)21-8-3-2-7-20-11-6-4-5-10-9-23(18,19)16-13(14)12(10)11/h4-6H,1-3,7-9H2,(H2,14,16)(H2,15,17). The van der Waals surface area contributed by atoms with E-state index >= 15 is 0 Å². The predicted octanol–water partition coefficient (Wildman–Crippen LogP) is -0.0840. The molecule has 0 fully saturated rings. The lowest BCUT2D eigenvalue weighted by atomic mass is 10.1. The van der Waals surface area contributed by atoms with Crippen LogP contribution < -0.4 is 15.6 Å². The van der Waals surface area contributed by atoms with E-state index < -0.39 is 20.0 Å². The lowest BCUT2D eigenvalue weighted by Crippen LogP contribution is -2.24. The number of amidine groups is 1. The Morgan fingerprint density at radius 1 is 1.30 bits per heavy atom. The van der Waals surface area contributed by atoms with Crippen molar-refractivity contribution in [2.45, 2.75) is 18.6 Å². The van der Waals surface area contributed by atoms with Gasteiger partial charge in [-0.25, -0.2) is 17.8 Å². The normalized spacial score (nSPS) is 18.6. The minimum Gasteiger partial charge on any atom is -0.493 e. The van der Waals surface area contributed by atoms with Gasteiger partial charge in [-0.2, -0.15) is 0 Å². The molecule has 1 aliphatic heterocycles. The third-order valence-corrected chi connectivity index (χ3v) is 4.74. The van der Waals surface area contributed by atoms with E-state index in [4.69, 9.17) is 19.8 Å². The molecule has 1 heterocycles. The lowest BCUT2D eigenvalue weighted by Gasteiger charge is -2.18. The van der Waals surface area contributed by atoms with Crippen LogP contribution in [0.3, 0.4) is 0 Å². The van der Waals surface area contributed by atoms with Gasteiger partial charge in [-0.05, 0) is 30.3 Å². The van der Waals surface area contributed by atoms with Crippen molar-refractivity contribution >= 4 is 31.7 Å². The maximum Gasteiger partial charge on any atom is 0.259 e. The highest BCUT2D eigenvalue weighted by atomic mass is 32.2. The van der Waals surface area contributed by atoms with Crippen molar-refractivity contribution in [2.75, 3.05) is 13.2 Å². The van der Waals surface area contributed by atoms with Gasteiger partial charge >= 0.3 is 0 Å². The molecule has 1 unspecified atom stereocenters. The minimum atomic E-state index is -3.56. The van der Waals surface area contributed by atoms with Gasteiger partial charge in [0, 0.05) is 0 Å². The number of hydrogen-bond donors (Lipinski definition) is 2. The zero-order chi connectivity index (χ0) is 17.1. The maximum atomic E-state index is 11.6. The fourth-order valence-electron chi connectivity index (χ4n) is 2.12. The van der Waals surface area contributed by atoms with Gasteiger partial charge in [-0.3, -0.25) is 4.18 Å². The van der Waals surface area contributed by atoms with Crippen LogP contribution >= 0.6 is 0 Å². The summed E-state index contributed by atoms with van der Waals surface area (Å²) in [6.07, 6.45) is 1.23. The topological polar surface area (TPSA) is 134 Å². The number of unbranched alkanes of at least 4 members (excludes halogenated alkanes) is 1. The number of fused-ring (bicyclic) bond motifs is 1. The number of nitrogens with two attached hydrogens (primary N) is 2. The molecule has 0 amide bonds. The second kappa shape index (κ2) is 6.87. The first-order valence-corrected chi connectivity index (χ1v) is 10.1. The average Bonchev–Trinajstić information content (AvgIpc) is 2.39. The zero-order valence-corrected chi connectivity index (χ0v) is 14.1. The highest BCUT2D eigenvalue weighted by Gasteiger charge is 2.24. The predicted molar refractivity (Wildman–Crippen MR) is 89.9 cm³/mol. The molecular formula is C13H19N3O5S2. The Hall–Kier alpha value is -1.62. The summed E-state index contributed by atoms with van der Waals surface area (Å²) in [7, 11) is -6.49. The van der Waals surface area contributed by atoms with Gasteiger partial charge in [0.25, 0.3) is 10.0 Å². The van der Waals surface area contributed by atoms with E-state index in [2.05, 4.69) is 10.3 Å². The van der Waals surface area contributed by atoms with E-state index in [0.717, 1.165) is 0 Å². The molecule has 1 aromatic carbocycles. The lowest BCUT2D eigenvalue weighted by molar-refractivity contribution is 0.276. The van der Waals surface area contributed by atoms with E-state index in [1.165, 1.54) is 0 Å². The molecule has 0 saturated heterocycles. The van der Waals surface area contributed by atoms with E-state index in [1.54, 1.807) is 18.2 Å². The fourth-order valence-corrected chi connectivity index (χ4v) is 3.61. The number of hydrogen-bond acceptors (Lipinski definition) is 6. The summed E-state index contributed by atoms with van der Waals surface area (Å²) < 4.78 is 48.2. The molecule has 1 aromatic rings. The molecule has 1 aliphatic rings. The van der Waals surface area contributed by atoms with E-state index in [-0.39, 0.29) is 18.2 Å². The first-order chi connectivity index (χ1) is 10.7. The van der Waals surface area contributed by atoms with Crippen LogP contribution in [0, 0.1) is 0 Å². The van der Waals surface area contributed by atoms with Crippen molar-refractivity contribution in [1.82, 2.24) is 0 Å². The van der Waals surface area contributed by atoms with Gasteiger partial charge < -0.3 is 10.5 Å². The van der Waals surface area contributed by atoms with Gasteiger partial charge in [0.15, 0.2) is 0 Å². The van der Waals surface area contributed by atoms with E-state index in [0.29, 0.717) is 36.3 Å². The van der Waals surface area contributed by atoms with Crippen LogP contribution in [0.25, 0.3) is 0 Å². The third-order valence-electron chi connectivity index (χ3n) is 3.02. The molecule has 0 aliphatic carbocycles. The first-order valence-electron chi connectivity index (χ1n) is 6.80. The summed E-state index contributed by atoms with van der Waals surface area (Å²) >= 11 is 0. The average molecular weight is 361 g/mol. The molecule has 23 heavy (non-hydrogen) atoms. The molecule has 8 nitrogen and oxygen atoms in total. The molecule has 1 atom stereocenters. The Morgan fingerprint density at radius 3 is 2.70 bits per heavy atom. The number of sulfonamides is 1. The Morgan fingerprint density at radius 2 is 2.00 bits per heavy atom. The molecule has 10 heteroatoms. The number of benzene rings is 1. The summed E-state index contributed by atoms with van der Waals surface area (Å²) in [4.78, 5) is 0. The monoisotopic (exact) mass is 361 g/mol. The van der Waals surface area contributed by atoms with Gasteiger partial charge in [-0.1, -0.05) is 12.1 Å². The van der Waals surface area contributed by atoms with Crippen LogP contribution in [0.5, 0.6) is 5.75 Å². The number of nitrogens with zero attached hydrogens (tertiary/aromatic N) is 1. The quantitative estimate of drug-likeness (QED) is 0.515. The van der Waals surface area contributed by atoms with E-state index in [9.17, 15) is 12.6 Å². The molecule has 4 N–H and O–H groups in total. The molecule has 0 aromatic heterocycles. The van der Waals surface area contributed by atoms with Crippen molar-refractivity contribution in [3.05, 3.63) is 29.3 Å². The SMILES string of the molecule is C=S(N)(=O)OCCCCOc1cccc2c1C(N)=NS(=O)(=O)C2. The van der Waals surface area contributed by atoms with Gasteiger partial charge in [0.2, 0.25) is 0 Å². The van der Waals surface area contributed by atoms with Gasteiger partial charge in [0.1, 0.15) is 21.6 Å². The molecule has 0 spiro atoms. The Labute approximate surface area is 135 Å². The second-order valence-corrected chi connectivity index (χ2v) is 8.23. The van der Waals surface area contributed by atoms with Gasteiger partial charge in [-0.15, -0.1) is 4.40 Å². The maximum absolute atomic E-state index is 11.6. The summed E-state index contributed by atoms with van der Waals surface area (Å²) in [6.45, 7) is 0.583. The van der Waals surface area contributed by atoms with Crippen LogP contribution in [-0.2, 0) is 29.9 Å². The van der Waals surface area contributed by atoms with Crippen LogP contribution in [0.15, 0.2) is 22.6 Å². The van der Waals surface area contributed by atoms with Crippen molar-refractivity contribution in [3.63, 3.8) is 0 Å². The van der Waals surface area contributed by atoms with E-state index in [1.807, 2.05) is 0 Å². The third kappa shape index (κ3) is 5.20. The van der Waals surface area contributed by atoms with Crippen molar-refractivity contribution in [1.29, 1.82) is 0 Å².